The SMILES string of the molecule is C=CC(=O)NC1CCC(C)(N(C)C)CC1. The Balaban J connectivity index is 2.42. The van der Waals surface area contributed by atoms with E-state index in [4.69, 9.17) is 0 Å². The third-order valence-electron chi connectivity index (χ3n) is 3.67. The van der Waals surface area contributed by atoms with Gasteiger partial charge in [0.1, 0.15) is 0 Å². The summed E-state index contributed by atoms with van der Waals surface area (Å²) in [4.78, 5) is 13.4. The lowest BCUT2D eigenvalue weighted by Crippen LogP contribution is -2.48. The van der Waals surface area contributed by atoms with E-state index in [0.717, 1.165) is 25.7 Å². The fourth-order valence-electron chi connectivity index (χ4n) is 2.09. The number of rotatable bonds is 3. The number of nitrogens with zero attached hydrogens (tertiary/aromatic N) is 1. The molecular formula is C12H22N2O. The third kappa shape index (κ3) is 3.06. The van der Waals surface area contributed by atoms with Gasteiger partial charge in [-0.3, -0.25) is 4.79 Å². The maximum Gasteiger partial charge on any atom is 0.243 e. The van der Waals surface area contributed by atoms with Crippen molar-refractivity contribution in [3.8, 4) is 0 Å². The van der Waals surface area contributed by atoms with Crippen molar-refractivity contribution in [2.45, 2.75) is 44.2 Å². The second-order valence-corrected chi connectivity index (χ2v) is 4.88. The smallest absolute Gasteiger partial charge is 0.243 e. The Morgan fingerprint density at radius 3 is 2.40 bits per heavy atom. The van der Waals surface area contributed by atoms with Gasteiger partial charge in [0.05, 0.1) is 0 Å². The lowest BCUT2D eigenvalue weighted by molar-refractivity contribution is -0.117. The second-order valence-electron chi connectivity index (χ2n) is 4.88. The van der Waals surface area contributed by atoms with Crippen molar-refractivity contribution in [1.29, 1.82) is 0 Å². The van der Waals surface area contributed by atoms with Gasteiger partial charge in [-0.15, -0.1) is 0 Å². The number of carbonyl (C=O) groups is 1. The normalized spacial score (nSPS) is 31.3. The standard InChI is InChI=1S/C12H22N2O/c1-5-11(15)13-10-6-8-12(2,9-7-10)14(3)4/h5,10H,1,6-9H2,2-4H3,(H,13,15). The Morgan fingerprint density at radius 1 is 1.47 bits per heavy atom. The second kappa shape index (κ2) is 4.79. The molecule has 0 aliphatic heterocycles. The maximum absolute atomic E-state index is 11.1. The van der Waals surface area contributed by atoms with Gasteiger partial charge in [0.25, 0.3) is 0 Å². The zero-order valence-corrected chi connectivity index (χ0v) is 10.0. The van der Waals surface area contributed by atoms with Crippen molar-refractivity contribution in [3.63, 3.8) is 0 Å². The minimum atomic E-state index is -0.0477. The van der Waals surface area contributed by atoms with Gasteiger partial charge < -0.3 is 10.2 Å². The largest absolute Gasteiger partial charge is 0.350 e. The molecule has 1 rings (SSSR count). The summed E-state index contributed by atoms with van der Waals surface area (Å²) in [6, 6.07) is 0.337. The predicted octanol–water partition coefficient (Wildman–Crippen LogP) is 1.55. The zero-order chi connectivity index (χ0) is 11.5. The molecule has 0 spiro atoms. The highest BCUT2D eigenvalue weighted by Gasteiger charge is 2.32. The van der Waals surface area contributed by atoms with Crippen molar-refractivity contribution >= 4 is 5.91 Å². The molecule has 0 bridgehead atoms. The van der Waals surface area contributed by atoms with Crippen LogP contribution < -0.4 is 5.32 Å². The number of hydrogen-bond donors (Lipinski definition) is 1. The molecule has 0 aromatic heterocycles. The van der Waals surface area contributed by atoms with Crippen molar-refractivity contribution in [1.82, 2.24) is 10.2 Å². The molecule has 0 aromatic carbocycles. The van der Waals surface area contributed by atoms with Crippen LogP contribution in [0, 0.1) is 0 Å². The van der Waals surface area contributed by atoms with Crippen LogP contribution in [0.25, 0.3) is 0 Å². The predicted molar refractivity (Wildman–Crippen MR) is 62.7 cm³/mol. The van der Waals surface area contributed by atoms with Crippen LogP contribution in [0.4, 0.5) is 0 Å². The molecule has 1 amide bonds. The van der Waals surface area contributed by atoms with E-state index in [9.17, 15) is 4.79 Å². The van der Waals surface area contributed by atoms with E-state index in [-0.39, 0.29) is 5.91 Å². The molecule has 0 radical (unpaired) electrons. The van der Waals surface area contributed by atoms with E-state index < -0.39 is 0 Å². The van der Waals surface area contributed by atoms with E-state index >= 15 is 0 Å². The van der Waals surface area contributed by atoms with Gasteiger partial charge in [-0.2, -0.15) is 0 Å². The molecule has 0 saturated heterocycles. The summed E-state index contributed by atoms with van der Waals surface area (Å²) in [5.74, 6) is -0.0477. The van der Waals surface area contributed by atoms with Crippen molar-refractivity contribution in [2.75, 3.05) is 14.1 Å². The van der Waals surface area contributed by atoms with Gasteiger partial charge in [-0.1, -0.05) is 6.58 Å². The summed E-state index contributed by atoms with van der Waals surface area (Å²) in [7, 11) is 4.26. The van der Waals surface area contributed by atoms with E-state index in [1.165, 1.54) is 6.08 Å². The topological polar surface area (TPSA) is 32.3 Å². The van der Waals surface area contributed by atoms with Gasteiger partial charge in [0.2, 0.25) is 5.91 Å². The lowest BCUT2D eigenvalue weighted by Gasteiger charge is -2.42. The van der Waals surface area contributed by atoms with Crippen molar-refractivity contribution in [2.24, 2.45) is 0 Å². The Morgan fingerprint density at radius 2 is 2.00 bits per heavy atom. The first-order chi connectivity index (χ1) is 6.98. The summed E-state index contributed by atoms with van der Waals surface area (Å²) in [6.45, 7) is 5.75. The molecule has 86 valence electrons. The monoisotopic (exact) mass is 210 g/mol. The van der Waals surface area contributed by atoms with Crippen LogP contribution in [0.3, 0.4) is 0 Å². The summed E-state index contributed by atoms with van der Waals surface area (Å²) in [6.07, 6.45) is 5.76. The summed E-state index contributed by atoms with van der Waals surface area (Å²) >= 11 is 0. The molecule has 1 fully saturated rings. The third-order valence-corrected chi connectivity index (χ3v) is 3.67. The Labute approximate surface area is 92.5 Å². The Kier molecular flexibility index (Phi) is 3.91. The molecule has 0 aromatic rings. The highest BCUT2D eigenvalue weighted by atomic mass is 16.1. The van der Waals surface area contributed by atoms with Crippen LogP contribution in [0.2, 0.25) is 0 Å². The highest BCUT2D eigenvalue weighted by Crippen LogP contribution is 2.31. The van der Waals surface area contributed by atoms with Crippen LogP contribution in [0.1, 0.15) is 32.6 Å². The number of carbonyl (C=O) groups excluding carboxylic acids is 1. The zero-order valence-electron chi connectivity index (χ0n) is 10.0. The first kappa shape index (κ1) is 12.2. The quantitative estimate of drug-likeness (QED) is 0.717. The average Bonchev–Trinajstić information content (AvgIpc) is 2.21. The highest BCUT2D eigenvalue weighted by molar-refractivity contribution is 5.87. The van der Waals surface area contributed by atoms with Crippen LogP contribution in [-0.4, -0.2) is 36.5 Å². The van der Waals surface area contributed by atoms with Crippen molar-refractivity contribution < 1.29 is 4.79 Å². The van der Waals surface area contributed by atoms with Gasteiger partial charge in [0.15, 0.2) is 0 Å². The summed E-state index contributed by atoms with van der Waals surface area (Å²) in [5, 5.41) is 2.97. The van der Waals surface area contributed by atoms with Crippen LogP contribution in [0.15, 0.2) is 12.7 Å². The van der Waals surface area contributed by atoms with Crippen molar-refractivity contribution in [3.05, 3.63) is 12.7 Å². The molecule has 3 heteroatoms. The molecule has 3 nitrogen and oxygen atoms in total. The molecule has 1 N–H and O–H groups in total. The molecular weight excluding hydrogens is 188 g/mol. The minimum Gasteiger partial charge on any atom is -0.350 e. The van der Waals surface area contributed by atoms with Crippen LogP contribution in [-0.2, 0) is 4.79 Å². The van der Waals surface area contributed by atoms with Gasteiger partial charge in [-0.25, -0.2) is 0 Å². The molecule has 15 heavy (non-hydrogen) atoms. The van der Waals surface area contributed by atoms with Crippen LogP contribution >= 0.6 is 0 Å². The maximum atomic E-state index is 11.1. The van der Waals surface area contributed by atoms with E-state index in [1.54, 1.807) is 0 Å². The first-order valence-electron chi connectivity index (χ1n) is 5.58. The Bertz CT molecular complexity index is 240. The average molecular weight is 210 g/mol. The fourth-order valence-corrected chi connectivity index (χ4v) is 2.09. The summed E-state index contributed by atoms with van der Waals surface area (Å²) < 4.78 is 0. The molecule has 0 heterocycles. The molecule has 0 unspecified atom stereocenters. The van der Waals surface area contributed by atoms with Gasteiger partial charge in [-0.05, 0) is 52.8 Å². The first-order valence-corrected chi connectivity index (χ1v) is 5.58. The van der Waals surface area contributed by atoms with Gasteiger partial charge in [0, 0.05) is 11.6 Å². The minimum absolute atomic E-state index is 0.0477. The molecule has 1 aliphatic carbocycles. The fraction of sp³-hybridized carbons (Fsp3) is 0.750. The van der Waals surface area contributed by atoms with E-state index in [2.05, 4.69) is 37.8 Å². The molecule has 1 saturated carbocycles. The molecule has 0 atom stereocenters. The van der Waals surface area contributed by atoms with E-state index in [0.29, 0.717) is 11.6 Å². The Hall–Kier alpha value is -0.830. The molecule has 1 aliphatic rings. The number of amides is 1. The lowest BCUT2D eigenvalue weighted by atomic mass is 9.80. The van der Waals surface area contributed by atoms with Gasteiger partial charge >= 0.3 is 0 Å². The number of hydrogen-bond acceptors (Lipinski definition) is 2. The van der Waals surface area contributed by atoms with Crippen LogP contribution in [0.5, 0.6) is 0 Å². The van der Waals surface area contributed by atoms with E-state index in [1.807, 2.05) is 0 Å². The number of nitrogens with one attached hydrogen (secondary N) is 1. The summed E-state index contributed by atoms with van der Waals surface area (Å²) in [5.41, 5.74) is 0.301.